The molecule has 0 aliphatic heterocycles. The van der Waals surface area contributed by atoms with E-state index in [-0.39, 0.29) is 5.91 Å². The van der Waals surface area contributed by atoms with Gasteiger partial charge in [0.05, 0.1) is 0 Å². The first-order chi connectivity index (χ1) is 8.69. The number of amides is 1. The lowest BCUT2D eigenvalue weighted by atomic mass is 10.2. The fourth-order valence-electron chi connectivity index (χ4n) is 1.74. The van der Waals surface area contributed by atoms with E-state index >= 15 is 0 Å². The third kappa shape index (κ3) is 4.99. The lowest BCUT2D eigenvalue weighted by Crippen LogP contribution is -2.30. The number of alkyl halides is 1. The van der Waals surface area contributed by atoms with Gasteiger partial charge in [-0.05, 0) is 31.4 Å². The second-order valence-electron chi connectivity index (χ2n) is 4.15. The minimum atomic E-state index is 0.207. The fraction of sp³-hybridized carbons (Fsp3) is 0.500. The molecule has 0 atom stereocenters. The van der Waals surface area contributed by atoms with Crippen molar-refractivity contribution in [2.24, 2.45) is 0 Å². The third-order valence-corrected chi connectivity index (χ3v) is 3.76. The van der Waals surface area contributed by atoms with Crippen LogP contribution in [0.25, 0.3) is 0 Å². The van der Waals surface area contributed by atoms with Gasteiger partial charge in [-0.15, -0.1) is 0 Å². The van der Waals surface area contributed by atoms with Crippen molar-refractivity contribution in [1.82, 2.24) is 4.90 Å². The SMILES string of the molecule is CCN(Cc1ccccc1Cl)C(=O)CCCCBr. The van der Waals surface area contributed by atoms with E-state index in [1.165, 1.54) is 0 Å². The molecule has 0 aliphatic rings. The maximum Gasteiger partial charge on any atom is 0.222 e. The van der Waals surface area contributed by atoms with Gasteiger partial charge in [-0.25, -0.2) is 0 Å². The summed E-state index contributed by atoms with van der Waals surface area (Å²) < 4.78 is 0. The number of hydrogen-bond acceptors (Lipinski definition) is 1. The van der Waals surface area contributed by atoms with Crippen LogP contribution in [0.1, 0.15) is 31.7 Å². The Morgan fingerprint density at radius 3 is 2.67 bits per heavy atom. The van der Waals surface area contributed by atoms with Gasteiger partial charge in [0, 0.05) is 29.9 Å². The van der Waals surface area contributed by atoms with E-state index in [0.29, 0.717) is 13.0 Å². The molecule has 0 bridgehead atoms. The lowest BCUT2D eigenvalue weighted by molar-refractivity contribution is -0.131. The van der Waals surface area contributed by atoms with Crippen LogP contribution in [0.15, 0.2) is 24.3 Å². The summed E-state index contributed by atoms with van der Waals surface area (Å²) in [4.78, 5) is 13.9. The van der Waals surface area contributed by atoms with Crippen LogP contribution >= 0.6 is 27.5 Å². The molecule has 1 aromatic carbocycles. The van der Waals surface area contributed by atoms with Crippen LogP contribution in [0.4, 0.5) is 0 Å². The largest absolute Gasteiger partial charge is 0.339 e. The van der Waals surface area contributed by atoms with Crippen molar-refractivity contribution in [2.45, 2.75) is 32.7 Å². The molecule has 0 N–H and O–H groups in total. The maximum atomic E-state index is 12.0. The van der Waals surface area contributed by atoms with Crippen LogP contribution in [0.5, 0.6) is 0 Å². The van der Waals surface area contributed by atoms with Crippen LogP contribution in [0, 0.1) is 0 Å². The molecule has 0 heterocycles. The lowest BCUT2D eigenvalue weighted by Gasteiger charge is -2.21. The Bertz CT molecular complexity index is 384. The molecule has 0 spiro atoms. The van der Waals surface area contributed by atoms with Crippen LogP contribution < -0.4 is 0 Å². The van der Waals surface area contributed by atoms with Gasteiger partial charge in [0.15, 0.2) is 0 Å². The average molecular weight is 333 g/mol. The number of nitrogens with zero attached hydrogens (tertiary/aromatic N) is 1. The molecule has 18 heavy (non-hydrogen) atoms. The van der Waals surface area contributed by atoms with Gasteiger partial charge in [0.25, 0.3) is 0 Å². The van der Waals surface area contributed by atoms with Crippen molar-refractivity contribution < 1.29 is 4.79 Å². The second-order valence-corrected chi connectivity index (χ2v) is 5.35. The highest BCUT2D eigenvalue weighted by Gasteiger charge is 2.12. The molecule has 1 rings (SSSR count). The van der Waals surface area contributed by atoms with Crippen molar-refractivity contribution in [1.29, 1.82) is 0 Å². The van der Waals surface area contributed by atoms with Crippen LogP contribution in [0.3, 0.4) is 0 Å². The molecule has 1 amide bonds. The molecule has 0 saturated heterocycles. The molecule has 0 saturated carbocycles. The third-order valence-electron chi connectivity index (χ3n) is 2.83. The van der Waals surface area contributed by atoms with Gasteiger partial charge in [-0.3, -0.25) is 4.79 Å². The standard InChI is InChI=1S/C14H19BrClNO/c1-2-17(14(18)9-5-6-10-15)11-12-7-3-4-8-13(12)16/h3-4,7-8H,2,5-6,9-11H2,1H3. The van der Waals surface area contributed by atoms with Crippen molar-refractivity contribution >= 4 is 33.4 Å². The molecule has 2 nitrogen and oxygen atoms in total. The predicted octanol–water partition coefficient (Wildman–Crippen LogP) is 4.25. The average Bonchev–Trinajstić information content (AvgIpc) is 2.38. The number of unbranched alkanes of at least 4 members (excludes halogenated alkanes) is 1. The molecule has 0 aliphatic carbocycles. The smallest absolute Gasteiger partial charge is 0.222 e. The van der Waals surface area contributed by atoms with E-state index in [9.17, 15) is 4.79 Å². The summed E-state index contributed by atoms with van der Waals surface area (Å²) in [5, 5.41) is 1.68. The molecular formula is C14H19BrClNO. The fourth-order valence-corrected chi connectivity index (χ4v) is 2.33. The van der Waals surface area contributed by atoms with Gasteiger partial charge in [0.2, 0.25) is 5.91 Å². The summed E-state index contributed by atoms with van der Waals surface area (Å²) in [5.41, 5.74) is 1.01. The van der Waals surface area contributed by atoms with E-state index < -0.39 is 0 Å². The maximum absolute atomic E-state index is 12.0. The Balaban J connectivity index is 2.56. The van der Waals surface area contributed by atoms with E-state index in [2.05, 4.69) is 15.9 Å². The number of carbonyl (C=O) groups excluding carboxylic acids is 1. The minimum absolute atomic E-state index is 0.207. The van der Waals surface area contributed by atoms with Gasteiger partial charge in [0.1, 0.15) is 0 Å². The van der Waals surface area contributed by atoms with Crippen LogP contribution in [0.2, 0.25) is 5.02 Å². The van der Waals surface area contributed by atoms with Crippen LogP contribution in [-0.2, 0) is 11.3 Å². The summed E-state index contributed by atoms with van der Waals surface area (Å²) >= 11 is 9.49. The van der Waals surface area contributed by atoms with Crippen molar-refractivity contribution in [3.05, 3.63) is 34.9 Å². The summed E-state index contributed by atoms with van der Waals surface area (Å²) in [5.74, 6) is 0.207. The quantitative estimate of drug-likeness (QED) is 0.540. The first-order valence-corrected chi connectivity index (χ1v) is 7.76. The zero-order valence-electron chi connectivity index (χ0n) is 10.7. The van der Waals surface area contributed by atoms with Crippen molar-refractivity contribution in [2.75, 3.05) is 11.9 Å². The topological polar surface area (TPSA) is 20.3 Å². The molecule has 0 unspecified atom stereocenters. The highest BCUT2D eigenvalue weighted by molar-refractivity contribution is 9.09. The molecule has 1 aromatic rings. The first kappa shape index (κ1) is 15.5. The zero-order chi connectivity index (χ0) is 13.4. The number of halogens is 2. The van der Waals surface area contributed by atoms with E-state index in [4.69, 9.17) is 11.6 Å². The van der Waals surface area contributed by atoms with Gasteiger partial charge in [-0.2, -0.15) is 0 Å². The Hall–Kier alpha value is -0.540. The Morgan fingerprint density at radius 2 is 2.06 bits per heavy atom. The molecule has 0 fully saturated rings. The van der Waals surface area contributed by atoms with E-state index in [1.54, 1.807) is 0 Å². The van der Waals surface area contributed by atoms with E-state index in [0.717, 1.165) is 35.3 Å². The molecule has 0 aromatic heterocycles. The zero-order valence-corrected chi connectivity index (χ0v) is 13.0. The summed E-state index contributed by atoms with van der Waals surface area (Å²) in [6.07, 6.45) is 2.59. The number of hydrogen-bond donors (Lipinski definition) is 0. The van der Waals surface area contributed by atoms with Gasteiger partial charge in [-0.1, -0.05) is 45.7 Å². The number of rotatable bonds is 7. The highest BCUT2D eigenvalue weighted by atomic mass is 79.9. The normalized spacial score (nSPS) is 10.4. The predicted molar refractivity (Wildman–Crippen MR) is 80.2 cm³/mol. The van der Waals surface area contributed by atoms with Gasteiger partial charge >= 0.3 is 0 Å². The summed E-state index contributed by atoms with van der Waals surface area (Å²) in [6, 6.07) is 7.68. The Kier molecular flexibility index (Phi) is 7.36. The van der Waals surface area contributed by atoms with E-state index in [1.807, 2.05) is 36.1 Å². The monoisotopic (exact) mass is 331 g/mol. The van der Waals surface area contributed by atoms with Crippen molar-refractivity contribution in [3.8, 4) is 0 Å². The summed E-state index contributed by atoms with van der Waals surface area (Å²) in [7, 11) is 0. The Labute approximate surface area is 122 Å². The highest BCUT2D eigenvalue weighted by Crippen LogP contribution is 2.17. The Morgan fingerprint density at radius 1 is 1.33 bits per heavy atom. The molecule has 0 radical (unpaired) electrons. The summed E-state index contributed by atoms with van der Waals surface area (Å²) in [6.45, 7) is 3.32. The minimum Gasteiger partial charge on any atom is -0.339 e. The molecule has 4 heteroatoms. The van der Waals surface area contributed by atoms with Crippen LogP contribution in [-0.4, -0.2) is 22.7 Å². The molecule has 100 valence electrons. The number of benzene rings is 1. The second kappa shape index (κ2) is 8.54. The number of carbonyl (C=O) groups is 1. The van der Waals surface area contributed by atoms with Gasteiger partial charge < -0.3 is 4.90 Å². The first-order valence-electron chi connectivity index (χ1n) is 6.26. The molecular weight excluding hydrogens is 314 g/mol. The van der Waals surface area contributed by atoms with Crippen molar-refractivity contribution in [3.63, 3.8) is 0 Å².